The van der Waals surface area contributed by atoms with Gasteiger partial charge in [0.1, 0.15) is 12.1 Å². The lowest BCUT2D eigenvalue weighted by Crippen LogP contribution is -2.40. The Morgan fingerprint density at radius 3 is 2.59 bits per heavy atom. The largest absolute Gasteiger partial charge is 0.398 e. The highest BCUT2D eigenvalue weighted by Gasteiger charge is 2.64. The third kappa shape index (κ3) is 3.69. The van der Waals surface area contributed by atoms with Gasteiger partial charge in [0.15, 0.2) is 0 Å². The zero-order chi connectivity index (χ0) is 20.6. The predicted octanol–water partition coefficient (Wildman–Crippen LogP) is 3.59. The summed E-state index contributed by atoms with van der Waals surface area (Å²) < 4.78 is 42.1. The molecule has 1 aliphatic heterocycles. The highest BCUT2D eigenvalue weighted by atomic mass is 19.4. The number of fused-ring (bicyclic) bond motifs is 1. The van der Waals surface area contributed by atoms with Crippen molar-refractivity contribution in [2.75, 3.05) is 24.5 Å². The molecule has 4 rings (SSSR count). The lowest BCUT2D eigenvalue weighted by Gasteiger charge is -2.35. The second kappa shape index (κ2) is 7.33. The number of nitrogens with zero attached hydrogens (tertiary/aromatic N) is 3. The Hall–Kier alpha value is -2.61. The van der Waals surface area contributed by atoms with Crippen LogP contribution in [-0.4, -0.2) is 41.9 Å². The Labute approximate surface area is 167 Å². The lowest BCUT2D eigenvalue weighted by molar-refractivity contribution is -0.160. The molecule has 29 heavy (non-hydrogen) atoms. The molecule has 0 bridgehead atoms. The molecule has 8 heteroatoms. The fraction of sp³-hybridized carbons (Fsp3) is 0.429. The van der Waals surface area contributed by atoms with Crippen molar-refractivity contribution >= 4 is 17.8 Å². The number of anilines is 2. The molecule has 0 saturated heterocycles. The van der Waals surface area contributed by atoms with Crippen LogP contribution in [0.3, 0.4) is 0 Å². The molecule has 2 heterocycles. The molecule has 1 aromatic carbocycles. The number of hydrogen-bond acceptors (Lipinski definition) is 4. The number of nitrogens with one attached hydrogen (secondary N) is 1. The van der Waals surface area contributed by atoms with Crippen molar-refractivity contribution < 1.29 is 18.0 Å². The highest BCUT2D eigenvalue weighted by molar-refractivity contribution is 5.72. The summed E-state index contributed by atoms with van der Waals surface area (Å²) in [6.45, 7) is 6.20. The number of rotatable bonds is 7. The molecule has 1 aliphatic carbocycles. The van der Waals surface area contributed by atoms with Crippen LogP contribution in [0.25, 0.3) is 0 Å². The van der Waals surface area contributed by atoms with Crippen molar-refractivity contribution in [1.82, 2.24) is 15.1 Å². The van der Waals surface area contributed by atoms with Crippen LogP contribution in [-0.2, 0) is 16.8 Å². The number of carbonyl (C=O) groups excluding carboxylic acids is 1. The molecular formula is C21H23F3N4O. The lowest BCUT2D eigenvalue weighted by atomic mass is 9.95. The smallest absolute Gasteiger partial charge is 0.326 e. The van der Waals surface area contributed by atoms with E-state index in [1.807, 2.05) is 10.7 Å². The molecule has 1 fully saturated rings. The van der Waals surface area contributed by atoms with Crippen LogP contribution in [0, 0.1) is 5.92 Å². The van der Waals surface area contributed by atoms with Crippen molar-refractivity contribution in [3.05, 3.63) is 54.2 Å². The van der Waals surface area contributed by atoms with E-state index in [0.717, 1.165) is 24.3 Å². The van der Waals surface area contributed by atoms with Crippen LogP contribution in [0.5, 0.6) is 0 Å². The summed E-state index contributed by atoms with van der Waals surface area (Å²) in [6.07, 6.45) is -1.43. The predicted molar refractivity (Wildman–Crippen MR) is 104 cm³/mol. The Kier molecular flexibility index (Phi) is 4.98. The van der Waals surface area contributed by atoms with Gasteiger partial charge in [-0.15, -0.1) is 0 Å². The molecule has 1 N–H and O–H groups in total. The molecule has 0 amide bonds. The highest BCUT2D eigenvalue weighted by Crippen LogP contribution is 2.59. The van der Waals surface area contributed by atoms with E-state index in [9.17, 15) is 18.0 Å². The van der Waals surface area contributed by atoms with Crippen LogP contribution in [0.4, 0.5) is 24.7 Å². The molecule has 1 unspecified atom stereocenters. The standard InChI is InChI=1S/C21H23F3N4O/c1-15(14-29)10-25-11-16-12-27(19-6-9-26-28(19)13-16)18-4-2-17(3-5-18)20(7-8-20)21(22,23)24/h2-6,9,14,16,25H,1,7-8,10-13H2. The summed E-state index contributed by atoms with van der Waals surface area (Å²) >= 11 is 0. The summed E-state index contributed by atoms with van der Waals surface area (Å²) in [7, 11) is 0. The number of hydrogen-bond donors (Lipinski definition) is 1. The Bertz CT molecular complexity index is 899. The topological polar surface area (TPSA) is 50.2 Å². The molecular weight excluding hydrogens is 381 g/mol. The number of aromatic nitrogens is 2. The zero-order valence-electron chi connectivity index (χ0n) is 16.0. The van der Waals surface area contributed by atoms with Gasteiger partial charge in [0.2, 0.25) is 0 Å². The van der Waals surface area contributed by atoms with Gasteiger partial charge in [0.25, 0.3) is 0 Å². The minimum absolute atomic E-state index is 0.159. The molecule has 5 nitrogen and oxygen atoms in total. The molecule has 1 atom stereocenters. The SMILES string of the molecule is C=C(C=O)CNCC1CN(c2ccc(C3(C(F)(F)F)CC3)cc2)c2ccnn2C1. The van der Waals surface area contributed by atoms with Gasteiger partial charge in [-0.2, -0.15) is 18.3 Å². The second-order valence-corrected chi connectivity index (χ2v) is 7.88. The maximum Gasteiger partial charge on any atom is 0.398 e. The van der Waals surface area contributed by atoms with Gasteiger partial charge >= 0.3 is 6.18 Å². The molecule has 1 aromatic heterocycles. The van der Waals surface area contributed by atoms with E-state index < -0.39 is 11.6 Å². The van der Waals surface area contributed by atoms with Gasteiger partial charge in [0, 0.05) is 43.9 Å². The van der Waals surface area contributed by atoms with Crippen molar-refractivity contribution in [2.24, 2.45) is 5.92 Å². The van der Waals surface area contributed by atoms with Crippen LogP contribution >= 0.6 is 0 Å². The fourth-order valence-electron chi connectivity index (χ4n) is 4.02. The minimum Gasteiger partial charge on any atom is -0.326 e. The van der Waals surface area contributed by atoms with Gasteiger partial charge in [0.05, 0.1) is 11.6 Å². The average molecular weight is 404 g/mol. The van der Waals surface area contributed by atoms with Crippen LogP contribution in [0.2, 0.25) is 0 Å². The van der Waals surface area contributed by atoms with Gasteiger partial charge in [-0.3, -0.25) is 4.79 Å². The molecule has 2 aliphatic rings. The van der Waals surface area contributed by atoms with Crippen LogP contribution in [0.15, 0.2) is 48.7 Å². The van der Waals surface area contributed by atoms with Gasteiger partial charge in [-0.05, 0) is 36.1 Å². The van der Waals surface area contributed by atoms with Crippen molar-refractivity contribution in [3.63, 3.8) is 0 Å². The van der Waals surface area contributed by atoms with Gasteiger partial charge in [-0.1, -0.05) is 18.7 Å². The summed E-state index contributed by atoms with van der Waals surface area (Å²) in [4.78, 5) is 12.8. The molecule has 154 valence electrons. The van der Waals surface area contributed by atoms with Gasteiger partial charge < -0.3 is 10.2 Å². The van der Waals surface area contributed by atoms with Crippen molar-refractivity contribution in [2.45, 2.75) is 31.0 Å². The van der Waals surface area contributed by atoms with Crippen LogP contribution in [0.1, 0.15) is 18.4 Å². The van der Waals surface area contributed by atoms with E-state index in [1.165, 1.54) is 0 Å². The summed E-state index contributed by atoms with van der Waals surface area (Å²) in [5, 5.41) is 7.60. The van der Waals surface area contributed by atoms with Crippen molar-refractivity contribution in [1.29, 1.82) is 0 Å². The van der Waals surface area contributed by atoms with E-state index in [-0.39, 0.29) is 18.8 Å². The Balaban J connectivity index is 1.51. The average Bonchev–Trinajstić information content (AvgIpc) is 3.40. The van der Waals surface area contributed by atoms with E-state index >= 15 is 0 Å². The second-order valence-electron chi connectivity index (χ2n) is 7.88. The normalized spacial score (nSPS) is 20.2. The number of alkyl halides is 3. The zero-order valence-corrected chi connectivity index (χ0v) is 16.0. The van der Waals surface area contributed by atoms with E-state index in [4.69, 9.17) is 0 Å². The number of carbonyl (C=O) groups is 1. The maximum absolute atomic E-state index is 13.4. The summed E-state index contributed by atoms with van der Waals surface area (Å²) in [5.41, 5.74) is 0.00913. The van der Waals surface area contributed by atoms with E-state index in [0.29, 0.717) is 30.8 Å². The van der Waals surface area contributed by atoms with E-state index in [2.05, 4.69) is 21.9 Å². The van der Waals surface area contributed by atoms with Crippen LogP contribution < -0.4 is 10.2 Å². The number of benzene rings is 1. The molecule has 0 spiro atoms. The first-order valence-corrected chi connectivity index (χ1v) is 9.64. The Morgan fingerprint density at radius 1 is 1.24 bits per heavy atom. The summed E-state index contributed by atoms with van der Waals surface area (Å²) in [6, 6.07) is 8.65. The third-order valence-corrected chi connectivity index (χ3v) is 5.82. The molecule has 1 saturated carbocycles. The Morgan fingerprint density at radius 2 is 1.97 bits per heavy atom. The summed E-state index contributed by atoms with van der Waals surface area (Å²) in [5.74, 6) is 1.15. The minimum atomic E-state index is -4.21. The number of aldehydes is 1. The maximum atomic E-state index is 13.4. The molecule has 2 aromatic rings. The van der Waals surface area contributed by atoms with E-state index in [1.54, 1.807) is 30.5 Å². The monoisotopic (exact) mass is 404 g/mol. The van der Waals surface area contributed by atoms with Gasteiger partial charge in [-0.25, -0.2) is 4.68 Å². The molecule has 0 radical (unpaired) electrons. The van der Waals surface area contributed by atoms with Crippen molar-refractivity contribution in [3.8, 4) is 0 Å². The first-order valence-electron chi connectivity index (χ1n) is 9.64. The first kappa shape index (κ1) is 19.7. The quantitative estimate of drug-likeness (QED) is 0.566. The fourth-order valence-corrected chi connectivity index (χ4v) is 4.02. The first-order chi connectivity index (χ1) is 13.8. The number of halogens is 3. The third-order valence-electron chi connectivity index (χ3n) is 5.82.